The first-order valence-electron chi connectivity index (χ1n) is 5.02. The van der Waals surface area contributed by atoms with Crippen LogP contribution < -0.4 is 11.1 Å². The second-order valence-corrected chi connectivity index (χ2v) is 4.78. The molecule has 0 saturated heterocycles. The van der Waals surface area contributed by atoms with E-state index in [2.05, 4.69) is 34.8 Å². The van der Waals surface area contributed by atoms with Crippen molar-refractivity contribution in [3.8, 4) is 0 Å². The van der Waals surface area contributed by atoms with Gasteiger partial charge in [0.2, 0.25) is 0 Å². The van der Waals surface area contributed by atoms with Crippen molar-refractivity contribution in [3.05, 3.63) is 45.9 Å². The van der Waals surface area contributed by atoms with Crippen LogP contribution in [-0.2, 0) is 0 Å². The van der Waals surface area contributed by atoms with Crippen molar-refractivity contribution in [1.29, 1.82) is 0 Å². The van der Waals surface area contributed by atoms with Crippen molar-refractivity contribution < 1.29 is 4.42 Å². The Kier molecular flexibility index (Phi) is 3.38. The molecule has 1 unspecified atom stereocenters. The number of rotatable bonds is 3. The Morgan fingerprint density at radius 2 is 2.19 bits per heavy atom. The lowest BCUT2D eigenvalue weighted by Gasteiger charge is -2.14. The number of halogens is 1. The van der Waals surface area contributed by atoms with E-state index in [1.807, 2.05) is 30.3 Å². The molecule has 1 atom stereocenters. The van der Waals surface area contributed by atoms with E-state index in [9.17, 15) is 0 Å². The molecule has 1 heterocycles. The topological polar surface area (TPSA) is 51.2 Å². The minimum absolute atomic E-state index is 0.146. The highest BCUT2D eigenvalue weighted by molar-refractivity contribution is 14.1. The second kappa shape index (κ2) is 4.78. The predicted octanol–water partition coefficient (Wildman–Crippen LogP) is 3.64. The van der Waals surface area contributed by atoms with Gasteiger partial charge in [0.1, 0.15) is 5.76 Å². The van der Waals surface area contributed by atoms with Crippen LogP contribution in [0.2, 0.25) is 0 Å². The highest BCUT2D eigenvalue weighted by Crippen LogP contribution is 2.25. The lowest BCUT2D eigenvalue weighted by molar-refractivity contribution is 0.490. The van der Waals surface area contributed by atoms with Gasteiger partial charge in [-0.3, -0.25) is 0 Å². The van der Waals surface area contributed by atoms with Gasteiger partial charge in [0.15, 0.2) is 0 Å². The normalized spacial score (nSPS) is 12.4. The van der Waals surface area contributed by atoms with Crippen LogP contribution >= 0.6 is 22.6 Å². The van der Waals surface area contributed by atoms with Crippen molar-refractivity contribution in [1.82, 2.24) is 0 Å². The SMILES string of the molecule is CC(Nc1ccc(N)cc1I)c1ccco1. The van der Waals surface area contributed by atoms with E-state index in [-0.39, 0.29) is 6.04 Å². The zero-order valence-electron chi connectivity index (χ0n) is 8.91. The number of anilines is 2. The second-order valence-electron chi connectivity index (χ2n) is 3.62. The van der Waals surface area contributed by atoms with E-state index in [4.69, 9.17) is 10.2 Å². The molecular formula is C12H13IN2O. The summed E-state index contributed by atoms with van der Waals surface area (Å²) in [5.41, 5.74) is 7.55. The van der Waals surface area contributed by atoms with E-state index < -0.39 is 0 Å². The molecule has 0 aliphatic carbocycles. The number of furan rings is 1. The van der Waals surface area contributed by atoms with Gasteiger partial charge in [0.25, 0.3) is 0 Å². The molecule has 3 nitrogen and oxygen atoms in total. The summed E-state index contributed by atoms with van der Waals surface area (Å²) in [6.07, 6.45) is 1.68. The average molecular weight is 328 g/mol. The molecule has 16 heavy (non-hydrogen) atoms. The third kappa shape index (κ3) is 2.49. The molecule has 0 fully saturated rings. The maximum Gasteiger partial charge on any atom is 0.125 e. The fourth-order valence-electron chi connectivity index (χ4n) is 1.49. The van der Waals surface area contributed by atoms with Crippen molar-refractivity contribution in [2.75, 3.05) is 11.1 Å². The first-order chi connectivity index (χ1) is 7.66. The molecule has 0 radical (unpaired) electrons. The molecule has 0 aliphatic heterocycles. The molecule has 3 N–H and O–H groups in total. The molecule has 1 aromatic carbocycles. The van der Waals surface area contributed by atoms with Crippen LogP contribution in [-0.4, -0.2) is 0 Å². The van der Waals surface area contributed by atoms with Gasteiger partial charge in [0, 0.05) is 14.9 Å². The Morgan fingerprint density at radius 1 is 1.38 bits per heavy atom. The summed E-state index contributed by atoms with van der Waals surface area (Å²) in [6.45, 7) is 2.06. The number of hydrogen-bond acceptors (Lipinski definition) is 3. The number of nitrogens with one attached hydrogen (secondary N) is 1. The summed E-state index contributed by atoms with van der Waals surface area (Å²) in [4.78, 5) is 0. The Bertz CT molecular complexity index is 468. The van der Waals surface area contributed by atoms with Crippen LogP contribution in [0.1, 0.15) is 18.7 Å². The van der Waals surface area contributed by atoms with Gasteiger partial charge in [0.05, 0.1) is 12.3 Å². The highest BCUT2D eigenvalue weighted by Gasteiger charge is 2.09. The molecule has 2 aromatic rings. The third-order valence-electron chi connectivity index (χ3n) is 2.34. The fourth-order valence-corrected chi connectivity index (χ4v) is 2.19. The van der Waals surface area contributed by atoms with Gasteiger partial charge in [-0.05, 0) is 59.8 Å². The number of nitrogen functional groups attached to an aromatic ring is 1. The zero-order valence-corrected chi connectivity index (χ0v) is 11.1. The Balaban J connectivity index is 2.15. The number of hydrogen-bond donors (Lipinski definition) is 2. The monoisotopic (exact) mass is 328 g/mol. The standard InChI is InChI=1S/C12H13IN2O/c1-8(12-3-2-6-16-12)15-11-5-4-9(14)7-10(11)13/h2-8,15H,14H2,1H3. The van der Waals surface area contributed by atoms with Crippen LogP contribution in [0.5, 0.6) is 0 Å². The summed E-state index contributed by atoms with van der Waals surface area (Å²) < 4.78 is 6.45. The summed E-state index contributed by atoms with van der Waals surface area (Å²) >= 11 is 2.26. The molecule has 0 spiro atoms. The summed E-state index contributed by atoms with van der Waals surface area (Å²) in [5.74, 6) is 0.924. The summed E-state index contributed by atoms with van der Waals surface area (Å²) in [6, 6.07) is 9.81. The summed E-state index contributed by atoms with van der Waals surface area (Å²) in [7, 11) is 0. The molecule has 4 heteroatoms. The maximum atomic E-state index is 5.70. The van der Waals surface area contributed by atoms with Crippen LogP contribution in [0.3, 0.4) is 0 Å². The Hall–Kier alpha value is -1.17. The molecular weight excluding hydrogens is 315 g/mol. The van der Waals surface area contributed by atoms with Crippen LogP contribution in [0, 0.1) is 3.57 Å². The van der Waals surface area contributed by atoms with Gasteiger partial charge in [-0.2, -0.15) is 0 Å². The van der Waals surface area contributed by atoms with E-state index in [1.54, 1.807) is 6.26 Å². The third-order valence-corrected chi connectivity index (χ3v) is 3.23. The largest absolute Gasteiger partial charge is 0.467 e. The molecule has 0 amide bonds. The van der Waals surface area contributed by atoms with Crippen molar-refractivity contribution in [2.24, 2.45) is 0 Å². The van der Waals surface area contributed by atoms with Gasteiger partial charge in [-0.25, -0.2) is 0 Å². The van der Waals surface area contributed by atoms with Gasteiger partial charge >= 0.3 is 0 Å². The fraction of sp³-hybridized carbons (Fsp3) is 0.167. The smallest absolute Gasteiger partial charge is 0.125 e. The average Bonchev–Trinajstić information content (AvgIpc) is 2.75. The van der Waals surface area contributed by atoms with Crippen LogP contribution in [0.4, 0.5) is 11.4 Å². The number of nitrogens with two attached hydrogens (primary N) is 1. The van der Waals surface area contributed by atoms with E-state index >= 15 is 0 Å². The molecule has 84 valence electrons. The van der Waals surface area contributed by atoms with E-state index in [1.165, 1.54) is 0 Å². The lowest BCUT2D eigenvalue weighted by Crippen LogP contribution is -2.06. The van der Waals surface area contributed by atoms with E-state index in [0.29, 0.717) is 0 Å². The lowest BCUT2D eigenvalue weighted by atomic mass is 10.2. The minimum Gasteiger partial charge on any atom is -0.467 e. The van der Waals surface area contributed by atoms with Gasteiger partial charge in [-0.15, -0.1) is 0 Å². The van der Waals surface area contributed by atoms with Crippen molar-refractivity contribution >= 4 is 34.0 Å². The van der Waals surface area contributed by atoms with Crippen LogP contribution in [0.25, 0.3) is 0 Å². The first kappa shape index (κ1) is 11.3. The molecule has 2 rings (SSSR count). The number of benzene rings is 1. The molecule has 0 bridgehead atoms. The maximum absolute atomic E-state index is 5.70. The summed E-state index contributed by atoms with van der Waals surface area (Å²) in [5, 5.41) is 3.38. The quantitative estimate of drug-likeness (QED) is 0.668. The minimum atomic E-state index is 0.146. The van der Waals surface area contributed by atoms with Crippen molar-refractivity contribution in [2.45, 2.75) is 13.0 Å². The zero-order chi connectivity index (χ0) is 11.5. The van der Waals surface area contributed by atoms with Crippen molar-refractivity contribution in [3.63, 3.8) is 0 Å². The van der Waals surface area contributed by atoms with Gasteiger partial charge < -0.3 is 15.5 Å². The van der Waals surface area contributed by atoms with Crippen LogP contribution in [0.15, 0.2) is 41.0 Å². The molecule has 0 aliphatic rings. The Labute approximate surface area is 108 Å². The molecule has 1 aromatic heterocycles. The molecule has 0 saturated carbocycles. The Morgan fingerprint density at radius 3 is 2.81 bits per heavy atom. The van der Waals surface area contributed by atoms with E-state index in [0.717, 1.165) is 20.7 Å². The van der Waals surface area contributed by atoms with Gasteiger partial charge in [-0.1, -0.05) is 0 Å². The first-order valence-corrected chi connectivity index (χ1v) is 6.09. The highest BCUT2D eigenvalue weighted by atomic mass is 127. The predicted molar refractivity (Wildman–Crippen MR) is 74.3 cm³/mol.